The van der Waals surface area contributed by atoms with Gasteiger partial charge in [0.25, 0.3) is 5.91 Å². The summed E-state index contributed by atoms with van der Waals surface area (Å²) < 4.78 is 5.70. The van der Waals surface area contributed by atoms with Crippen LogP contribution in [0.1, 0.15) is 91.7 Å². The summed E-state index contributed by atoms with van der Waals surface area (Å²) in [4.78, 5) is 34.1. The standard InChI is InChI=1S/C31H37N3O4/c35-28(33-21-10-8-14-24-12-3-1-4-13-24)27-23-38-29(34-27)31(30(36)37,26-17-5-2-6-18-26)19-9-7-15-25-16-11-20-32-22-25/h2,5-7,11,15-18,20,22-24H,1,3-4,8-10,12-14,19,21H2,(H,33,35)(H,36,37). The molecule has 7 heteroatoms. The first-order valence-electron chi connectivity index (χ1n) is 13.7. The molecule has 1 amide bonds. The maximum atomic E-state index is 12.8. The van der Waals surface area contributed by atoms with Crippen molar-refractivity contribution in [3.05, 3.63) is 89.9 Å². The Kier molecular flexibility index (Phi) is 9.84. The van der Waals surface area contributed by atoms with Gasteiger partial charge in [-0.3, -0.25) is 14.6 Å². The number of oxazole rings is 1. The summed E-state index contributed by atoms with van der Waals surface area (Å²) >= 11 is 0. The highest BCUT2D eigenvalue weighted by Crippen LogP contribution is 2.37. The monoisotopic (exact) mass is 515 g/mol. The molecular formula is C31H37N3O4. The molecule has 4 rings (SSSR count). The largest absolute Gasteiger partial charge is 0.480 e. The van der Waals surface area contributed by atoms with E-state index in [1.165, 1.54) is 44.8 Å². The first-order chi connectivity index (χ1) is 18.6. The molecule has 1 unspecified atom stereocenters. The number of amides is 1. The van der Waals surface area contributed by atoms with E-state index in [1.807, 2.05) is 30.4 Å². The number of carbonyl (C=O) groups is 2. The van der Waals surface area contributed by atoms with Crippen molar-refractivity contribution in [2.45, 2.75) is 69.6 Å². The number of hydrogen-bond acceptors (Lipinski definition) is 5. The number of carbonyl (C=O) groups excluding carboxylic acids is 1. The fourth-order valence-electron chi connectivity index (χ4n) is 5.31. The molecule has 1 fully saturated rings. The second-order valence-corrected chi connectivity index (χ2v) is 10.1. The van der Waals surface area contributed by atoms with E-state index in [1.54, 1.807) is 36.7 Å². The second kappa shape index (κ2) is 13.7. The number of allylic oxidation sites excluding steroid dienone is 1. The van der Waals surface area contributed by atoms with Crippen LogP contribution in [0.3, 0.4) is 0 Å². The molecule has 200 valence electrons. The molecule has 1 atom stereocenters. The third-order valence-electron chi connectivity index (χ3n) is 7.46. The SMILES string of the molecule is O=C(NCCCCC1CCCCC1)c1coc(C(CCC=Cc2cccnc2)(C(=O)O)c2ccccc2)n1. The van der Waals surface area contributed by atoms with Gasteiger partial charge in [0.2, 0.25) is 5.89 Å². The Bertz CT molecular complexity index is 1190. The summed E-state index contributed by atoms with van der Waals surface area (Å²) in [5.74, 6) is -0.580. The van der Waals surface area contributed by atoms with Crippen LogP contribution in [0, 0.1) is 5.92 Å². The molecule has 0 saturated heterocycles. The summed E-state index contributed by atoms with van der Waals surface area (Å²) in [5, 5.41) is 13.4. The van der Waals surface area contributed by atoms with Crippen molar-refractivity contribution in [3.63, 3.8) is 0 Å². The highest BCUT2D eigenvalue weighted by Gasteiger charge is 2.46. The Morgan fingerprint density at radius 1 is 1.08 bits per heavy atom. The van der Waals surface area contributed by atoms with Crippen molar-refractivity contribution in [2.24, 2.45) is 5.92 Å². The number of hydrogen-bond donors (Lipinski definition) is 2. The molecule has 0 bridgehead atoms. The van der Waals surface area contributed by atoms with Crippen LogP contribution in [-0.4, -0.2) is 33.5 Å². The zero-order valence-electron chi connectivity index (χ0n) is 21.9. The van der Waals surface area contributed by atoms with Crippen molar-refractivity contribution < 1.29 is 19.1 Å². The molecule has 1 saturated carbocycles. The van der Waals surface area contributed by atoms with Gasteiger partial charge in [0.15, 0.2) is 11.1 Å². The maximum Gasteiger partial charge on any atom is 0.323 e. The Morgan fingerprint density at radius 2 is 1.89 bits per heavy atom. The Morgan fingerprint density at radius 3 is 2.63 bits per heavy atom. The lowest BCUT2D eigenvalue weighted by Crippen LogP contribution is -2.37. The predicted octanol–water partition coefficient (Wildman–Crippen LogP) is 6.41. The number of benzene rings is 1. The van der Waals surface area contributed by atoms with Crippen molar-refractivity contribution in [3.8, 4) is 0 Å². The lowest BCUT2D eigenvalue weighted by molar-refractivity contribution is -0.143. The molecule has 38 heavy (non-hydrogen) atoms. The molecule has 1 aliphatic carbocycles. The number of unbranched alkanes of at least 4 members (excludes halogenated alkanes) is 1. The van der Waals surface area contributed by atoms with E-state index >= 15 is 0 Å². The molecule has 2 aromatic heterocycles. The second-order valence-electron chi connectivity index (χ2n) is 10.1. The normalized spacial score (nSPS) is 15.8. The summed E-state index contributed by atoms with van der Waals surface area (Å²) in [5.41, 5.74) is 0.0551. The van der Waals surface area contributed by atoms with Gasteiger partial charge in [0.05, 0.1) is 0 Å². The van der Waals surface area contributed by atoms with Crippen molar-refractivity contribution >= 4 is 18.0 Å². The van der Waals surface area contributed by atoms with E-state index in [2.05, 4.69) is 15.3 Å². The summed E-state index contributed by atoms with van der Waals surface area (Å²) in [6.45, 7) is 0.565. The molecule has 0 spiro atoms. The Hall–Kier alpha value is -3.74. The van der Waals surface area contributed by atoms with Crippen LogP contribution in [0.4, 0.5) is 0 Å². The minimum Gasteiger partial charge on any atom is -0.480 e. The van der Waals surface area contributed by atoms with Crippen LogP contribution in [0.2, 0.25) is 0 Å². The summed E-state index contributed by atoms with van der Waals surface area (Å²) in [6, 6.07) is 12.7. The molecule has 1 aliphatic rings. The summed E-state index contributed by atoms with van der Waals surface area (Å²) in [7, 11) is 0. The van der Waals surface area contributed by atoms with Gasteiger partial charge in [-0.2, -0.15) is 0 Å². The minimum absolute atomic E-state index is 0.00780. The van der Waals surface area contributed by atoms with Crippen LogP contribution in [-0.2, 0) is 10.2 Å². The number of rotatable bonds is 13. The van der Waals surface area contributed by atoms with E-state index in [4.69, 9.17) is 4.42 Å². The first-order valence-corrected chi connectivity index (χ1v) is 13.7. The maximum absolute atomic E-state index is 12.8. The van der Waals surface area contributed by atoms with E-state index in [-0.39, 0.29) is 23.9 Å². The number of carboxylic acids is 1. The van der Waals surface area contributed by atoms with Crippen LogP contribution in [0.15, 0.2) is 71.6 Å². The number of aliphatic carboxylic acids is 1. The lowest BCUT2D eigenvalue weighted by atomic mass is 9.76. The smallest absolute Gasteiger partial charge is 0.323 e. The van der Waals surface area contributed by atoms with Crippen LogP contribution >= 0.6 is 0 Å². The number of carboxylic acid groups (broad SMARTS) is 1. The zero-order chi connectivity index (χ0) is 26.6. The number of pyridine rings is 1. The number of nitrogens with zero attached hydrogens (tertiary/aromatic N) is 2. The molecule has 2 heterocycles. The van der Waals surface area contributed by atoms with Gasteiger partial charge in [-0.25, -0.2) is 4.98 Å². The Balaban J connectivity index is 1.42. The van der Waals surface area contributed by atoms with Crippen LogP contribution < -0.4 is 5.32 Å². The van der Waals surface area contributed by atoms with Gasteiger partial charge in [-0.15, -0.1) is 0 Å². The van der Waals surface area contributed by atoms with Crippen molar-refractivity contribution in [1.82, 2.24) is 15.3 Å². The quantitative estimate of drug-likeness (QED) is 0.255. The number of aromatic nitrogens is 2. The molecule has 2 N–H and O–H groups in total. The Labute approximate surface area is 224 Å². The van der Waals surface area contributed by atoms with E-state index < -0.39 is 11.4 Å². The minimum atomic E-state index is -1.53. The molecule has 0 radical (unpaired) electrons. The van der Waals surface area contributed by atoms with Gasteiger partial charge >= 0.3 is 5.97 Å². The lowest BCUT2D eigenvalue weighted by Gasteiger charge is -2.26. The zero-order valence-corrected chi connectivity index (χ0v) is 21.9. The molecule has 3 aromatic rings. The van der Waals surface area contributed by atoms with Gasteiger partial charge in [0.1, 0.15) is 6.26 Å². The molecular weight excluding hydrogens is 478 g/mol. The van der Waals surface area contributed by atoms with Crippen LogP contribution in [0.25, 0.3) is 6.08 Å². The van der Waals surface area contributed by atoms with Gasteiger partial charge in [-0.05, 0) is 42.4 Å². The van der Waals surface area contributed by atoms with Crippen molar-refractivity contribution in [1.29, 1.82) is 0 Å². The van der Waals surface area contributed by atoms with E-state index in [0.29, 0.717) is 18.5 Å². The van der Waals surface area contributed by atoms with E-state index in [9.17, 15) is 14.7 Å². The average molecular weight is 516 g/mol. The number of nitrogens with one attached hydrogen (secondary N) is 1. The third-order valence-corrected chi connectivity index (χ3v) is 7.46. The molecule has 7 nitrogen and oxygen atoms in total. The van der Waals surface area contributed by atoms with Crippen molar-refractivity contribution in [2.75, 3.05) is 6.54 Å². The van der Waals surface area contributed by atoms with Gasteiger partial charge in [0, 0.05) is 18.9 Å². The third kappa shape index (κ3) is 6.97. The molecule has 0 aliphatic heterocycles. The first kappa shape index (κ1) is 27.3. The van der Waals surface area contributed by atoms with Crippen LogP contribution in [0.5, 0.6) is 0 Å². The van der Waals surface area contributed by atoms with Gasteiger partial charge in [-0.1, -0.05) is 93.5 Å². The topological polar surface area (TPSA) is 105 Å². The highest BCUT2D eigenvalue weighted by atomic mass is 16.4. The fraction of sp³-hybridized carbons (Fsp3) is 0.419. The van der Waals surface area contributed by atoms with Gasteiger partial charge < -0.3 is 14.8 Å². The predicted molar refractivity (Wildman–Crippen MR) is 147 cm³/mol. The fourth-order valence-corrected chi connectivity index (χ4v) is 5.31. The van der Waals surface area contributed by atoms with E-state index in [0.717, 1.165) is 24.3 Å². The highest BCUT2D eigenvalue weighted by molar-refractivity contribution is 5.92. The average Bonchev–Trinajstić information content (AvgIpc) is 3.45. The summed E-state index contributed by atoms with van der Waals surface area (Å²) in [6.07, 6.45) is 19.2. The molecule has 1 aromatic carbocycles.